The van der Waals surface area contributed by atoms with Crippen molar-refractivity contribution in [2.75, 3.05) is 7.11 Å². The highest BCUT2D eigenvalue weighted by Gasteiger charge is 2.12. The van der Waals surface area contributed by atoms with E-state index in [-0.39, 0.29) is 6.04 Å². The number of aromatic nitrogens is 1. The Morgan fingerprint density at radius 2 is 1.94 bits per heavy atom. The number of methoxy groups -OCH3 is 1. The van der Waals surface area contributed by atoms with Crippen molar-refractivity contribution in [3.8, 4) is 5.75 Å². The van der Waals surface area contributed by atoms with Crippen LogP contribution in [-0.2, 0) is 0 Å². The molecule has 18 heavy (non-hydrogen) atoms. The van der Waals surface area contributed by atoms with E-state index in [2.05, 4.69) is 4.98 Å². The van der Waals surface area contributed by atoms with Crippen molar-refractivity contribution in [3.63, 3.8) is 0 Å². The molecule has 0 fully saturated rings. The molecule has 0 spiro atoms. The number of rotatable bonds is 3. The fourth-order valence-electron chi connectivity index (χ4n) is 2.06. The molecule has 94 valence electrons. The lowest BCUT2D eigenvalue weighted by atomic mass is 9.96. The number of aryl methyl sites for hydroxylation is 2. The van der Waals surface area contributed by atoms with Crippen molar-refractivity contribution in [1.29, 1.82) is 0 Å². The summed E-state index contributed by atoms with van der Waals surface area (Å²) in [6.45, 7) is 4.02. The summed E-state index contributed by atoms with van der Waals surface area (Å²) in [4.78, 5) is 4.19. The standard InChI is InChI=1S/C15H18N2O/c1-10-8-13(18-3)4-5-14(10)15(16)12-6-7-17-11(2)9-12/h4-9,15H,16H2,1-3H3. The number of ether oxygens (including phenoxy) is 1. The van der Waals surface area contributed by atoms with Gasteiger partial charge < -0.3 is 10.5 Å². The van der Waals surface area contributed by atoms with Gasteiger partial charge in [0.15, 0.2) is 0 Å². The quantitative estimate of drug-likeness (QED) is 0.900. The predicted molar refractivity (Wildman–Crippen MR) is 72.7 cm³/mol. The fourth-order valence-corrected chi connectivity index (χ4v) is 2.06. The Labute approximate surface area is 108 Å². The molecule has 0 aliphatic carbocycles. The van der Waals surface area contributed by atoms with E-state index in [1.54, 1.807) is 13.3 Å². The largest absolute Gasteiger partial charge is 0.497 e. The van der Waals surface area contributed by atoms with Crippen LogP contribution in [0.25, 0.3) is 0 Å². The summed E-state index contributed by atoms with van der Waals surface area (Å²) in [7, 11) is 1.67. The maximum atomic E-state index is 6.31. The van der Waals surface area contributed by atoms with E-state index >= 15 is 0 Å². The second-order valence-corrected chi connectivity index (χ2v) is 4.43. The number of benzene rings is 1. The lowest BCUT2D eigenvalue weighted by Gasteiger charge is -2.16. The first kappa shape index (κ1) is 12.6. The topological polar surface area (TPSA) is 48.1 Å². The van der Waals surface area contributed by atoms with E-state index in [9.17, 15) is 0 Å². The van der Waals surface area contributed by atoms with Crippen molar-refractivity contribution >= 4 is 0 Å². The van der Waals surface area contributed by atoms with Gasteiger partial charge in [0.25, 0.3) is 0 Å². The molecule has 3 heteroatoms. The Balaban J connectivity index is 2.37. The fraction of sp³-hybridized carbons (Fsp3) is 0.267. The van der Waals surface area contributed by atoms with Crippen LogP contribution < -0.4 is 10.5 Å². The summed E-state index contributed by atoms with van der Waals surface area (Å²) in [5.41, 5.74) is 10.6. The maximum Gasteiger partial charge on any atom is 0.119 e. The van der Waals surface area contributed by atoms with E-state index < -0.39 is 0 Å². The van der Waals surface area contributed by atoms with Crippen LogP contribution in [0.15, 0.2) is 36.5 Å². The first-order valence-electron chi connectivity index (χ1n) is 5.94. The van der Waals surface area contributed by atoms with Crippen LogP contribution in [0.4, 0.5) is 0 Å². The third kappa shape index (κ3) is 2.51. The Morgan fingerprint density at radius 3 is 2.56 bits per heavy atom. The molecule has 2 rings (SSSR count). The minimum absolute atomic E-state index is 0.127. The summed E-state index contributed by atoms with van der Waals surface area (Å²) >= 11 is 0. The molecular formula is C15H18N2O. The van der Waals surface area contributed by atoms with Gasteiger partial charge in [0.05, 0.1) is 13.2 Å². The molecule has 2 aromatic rings. The minimum atomic E-state index is -0.127. The molecule has 0 saturated carbocycles. The van der Waals surface area contributed by atoms with Gasteiger partial charge in [-0.25, -0.2) is 0 Å². The monoisotopic (exact) mass is 242 g/mol. The minimum Gasteiger partial charge on any atom is -0.497 e. The van der Waals surface area contributed by atoms with Gasteiger partial charge >= 0.3 is 0 Å². The molecule has 0 bridgehead atoms. The normalized spacial score (nSPS) is 12.2. The van der Waals surface area contributed by atoms with Gasteiger partial charge in [-0.3, -0.25) is 4.98 Å². The Bertz CT molecular complexity index is 552. The molecule has 0 aliphatic rings. The van der Waals surface area contributed by atoms with Crippen molar-refractivity contribution in [2.24, 2.45) is 5.73 Å². The zero-order valence-corrected chi connectivity index (χ0v) is 11.0. The van der Waals surface area contributed by atoms with Gasteiger partial charge in [0, 0.05) is 11.9 Å². The second kappa shape index (κ2) is 5.19. The molecular weight excluding hydrogens is 224 g/mol. The summed E-state index contributed by atoms with van der Waals surface area (Å²) in [5, 5.41) is 0. The van der Waals surface area contributed by atoms with Crippen LogP contribution >= 0.6 is 0 Å². The average molecular weight is 242 g/mol. The highest BCUT2D eigenvalue weighted by atomic mass is 16.5. The van der Waals surface area contributed by atoms with Gasteiger partial charge in [0.2, 0.25) is 0 Å². The molecule has 1 unspecified atom stereocenters. The zero-order chi connectivity index (χ0) is 13.1. The van der Waals surface area contributed by atoms with Crippen LogP contribution in [0.3, 0.4) is 0 Å². The van der Waals surface area contributed by atoms with E-state index in [0.717, 1.165) is 28.1 Å². The second-order valence-electron chi connectivity index (χ2n) is 4.43. The number of nitrogens with zero attached hydrogens (tertiary/aromatic N) is 1. The van der Waals surface area contributed by atoms with Gasteiger partial charge in [-0.05, 0) is 54.8 Å². The van der Waals surface area contributed by atoms with Crippen LogP contribution in [0, 0.1) is 13.8 Å². The molecule has 0 saturated heterocycles. The molecule has 0 amide bonds. The molecule has 1 aromatic carbocycles. The Hall–Kier alpha value is -1.87. The smallest absolute Gasteiger partial charge is 0.119 e. The van der Waals surface area contributed by atoms with Crippen LogP contribution in [-0.4, -0.2) is 12.1 Å². The average Bonchev–Trinajstić information content (AvgIpc) is 2.37. The van der Waals surface area contributed by atoms with Crippen molar-refractivity contribution in [2.45, 2.75) is 19.9 Å². The third-order valence-corrected chi connectivity index (χ3v) is 3.09. The Morgan fingerprint density at radius 1 is 1.17 bits per heavy atom. The van der Waals surface area contributed by atoms with Gasteiger partial charge in [-0.2, -0.15) is 0 Å². The van der Waals surface area contributed by atoms with E-state index in [0.29, 0.717) is 0 Å². The Kier molecular flexibility index (Phi) is 3.63. The first-order valence-corrected chi connectivity index (χ1v) is 5.94. The molecule has 0 aliphatic heterocycles. The van der Waals surface area contributed by atoms with Gasteiger partial charge in [-0.15, -0.1) is 0 Å². The SMILES string of the molecule is COc1ccc(C(N)c2ccnc(C)c2)c(C)c1. The van der Waals surface area contributed by atoms with E-state index in [1.807, 2.05) is 44.2 Å². The molecule has 2 N–H and O–H groups in total. The summed E-state index contributed by atoms with van der Waals surface area (Å²) in [6, 6.07) is 9.82. The molecule has 1 atom stereocenters. The number of nitrogens with two attached hydrogens (primary N) is 1. The zero-order valence-electron chi connectivity index (χ0n) is 11.0. The van der Waals surface area contributed by atoms with Crippen molar-refractivity contribution in [1.82, 2.24) is 4.98 Å². The molecule has 3 nitrogen and oxygen atoms in total. The molecule has 1 aromatic heterocycles. The maximum absolute atomic E-state index is 6.31. The van der Waals surface area contributed by atoms with Gasteiger partial charge in [0.1, 0.15) is 5.75 Å². The number of hydrogen-bond acceptors (Lipinski definition) is 3. The predicted octanol–water partition coefficient (Wildman–Crippen LogP) is 2.76. The van der Waals surface area contributed by atoms with Crippen LogP contribution in [0.2, 0.25) is 0 Å². The van der Waals surface area contributed by atoms with E-state index in [4.69, 9.17) is 10.5 Å². The summed E-state index contributed by atoms with van der Waals surface area (Å²) < 4.78 is 5.20. The van der Waals surface area contributed by atoms with Crippen LogP contribution in [0.5, 0.6) is 5.75 Å². The molecule has 0 radical (unpaired) electrons. The number of pyridine rings is 1. The van der Waals surface area contributed by atoms with Crippen LogP contribution in [0.1, 0.15) is 28.4 Å². The first-order chi connectivity index (χ1) is 8.61. The van der Waals surface area contributed by atoms with E-state index in [1.165, 1.54) is 0 Å². The van der Waals surface area contributed by atoms with Gasteiger partial charge in [-0.1, -0.05) is 6.07 Å². The lowest BCUT2D eigenvalue weighted by molar-refractivity contribution is 0.414. The number of hydrogen-bond donors (Lipinski definition) is 1. The summed E-state index contributed by atoms with van der Waals surface area (Å²) in [6.07, 6.45) is 1.80. The highest BCUT2D eigenvalue weighted by molar-refractivity contribution is 5.40. The van der Waals surface area contributed by atoms with Crippen molar-refractivity contribution < 1.29 is 4.74 Å². The summed E-state index contributed by atoms with van der Waals surface area (Å²) in [5.74, 6) is 0.856. The molecule has 1 heterocycles. The third-order valence-electron chi connectivity index (χ3n) is 3.09. The lowest BCUT2D eigenvalue weighted by Crippen LogP contribution is -2.13. The van der Waals surface area contributed by atoms with Crippen molar-refractivity contribution in [3.05, 3.63) is 58.9 Å². The highest BCUT2D eigenvalue weighted by Crippen LogP contribution is 2.25.